The smallest absolute Gasteiger partial charge is 0.311 e. The van der Waals surface area contributed by atoms with E-state index in [0.29, 0.717) is 41.4 Å². The summed E-state index contributed by atoms with van der Waals surface area (Å²) < 4.78 is 19.0. The highest BCUT2D eigenvalue weighted by molar-refractivity contribution is 9.12. The summed E-state index contributed by atoms with van der Waals surface area (Å²) in [5, 5.41) is 37.0. The van der Waals surface area contributed by atoms with E-state index < -0.39 is 29.3 Å². The van der Waals surface area contributed by atoms with Crippen LogP contribution in [0.2, 0.25) is 0 Å². The number of carbonyl (C=O) groups is 2. The van der Waals surface area contributed by atoms with Crippen molar-refractivity contribution in [3.05, 3.63) is 59.0 Å². The number of benzene rings is 1. The van der Waals surface area contributed by atoms with E-state index in [1.807, 2.05) is 0 Å². The number of hydrogen-bond donors (Lipinski definition) is 4. The maximum Gasteiger partial charge on any atom is 0.311 e. The lowest BCUT2D eigenvalue weighted by atomic mass is 10.0. The van der Waals surface area contributed by atoms with Crippen LogP contribution >= 0.6 is 75.3 Å². The maximum absolute atomic E-state index is 12.7. The number of methoxy groups -OCH3 is 1. The number of oxime groups is 1. The van der Waals surface area contributed by atoms with Crippen LogP contribution in [0.5, 0.6) is 5.75 Å². The van der Waals surface area contributed by atoms with Crippen LogP contribution in [-0.4, -0.2) is 83.0 Å². The number of carbonyl (C=O) groups excluding carboxylic acids is 2. The molecule has 2 aliphatic heterocycles. The van der Waals surface area contributed by atoms with Gasteiger partial charge in [-0.1, -0.05) is 21.1 Å². The molecule has 4 N–H and O–H groups in total. The number of amides is 1. The first-order valence-electron chi connectivity index (χ1n) is 13.0. The second-order valence-electron chi connectivity index (χ2n) is 9.66. The average molecular weight is 892 g/mol. The van der Waals surface area contributed by atoms with Crippen LogP contribution in [0.15, 0.2) is 63.5 Å². The molecule has 0 aromatic heterocycles. The maximum atomic E-state index is 12.7. The lowest BCUT2D eigenvalue weighted by molar-refractivity contribution is -0.225. The Kier molecular flexibility index (Phi) is 12.0. The van der Waals surface area contributed by atoms with E-state index in [1.54, 1.807) is 12.1 Å². The average Bonchev–Trinajstić information content (AvgIpc) is 3.37. The molecule has 1 aromatic rings. The van der Waals surface area contributed by atoms with Gasteiger partial charge in [0, 0.05) is 23.7 Å². The van der Waals surface area contributed by atoms with Crippen LogP contribution in [0.4, 0.5) is 0 Å². The number of nitrogens with zero attached hydrogens (tertiary/aromatic N) is 2. The van der Waals surface area contributed by atoms with E-state index in [0.717, 1.165) is 0 Å². The van der Waals surface area contributed by atoms with Crippen molar-refractivity contribution in [3.8, 4) is 5.75 Å². The number of allylic oxidation sites excluding steroid dienone is 3. The van der Waals surface area contributed by atoms with Gasteiger partial charge >= 0.3 is 5.79 Å². The zero-order valence-corrected chi connectivity index (χ0v) is 30.0. The van der Waals surface area contributed by atoms with Gasteiger partial charge in [-0.2, -0.15) is 0 Å². The number of ketones is 1. The Balaban J connectivity index is 1.25. The number of aliphatic hydroxyl groups excluding tert-OH is 3. The van der Waals surface area contributed by atoms with Gasteiger partial charge in [0.25, 0.3) is 5.91 Å². The zero-order chi connectivity index (χ0) is 32.2. The third-order valence-electron chi connectivity index (χ3n) is 6.63. The molecule has 1 aliphatic carbocycles. The minimum atomic E-state index is -1.64. The lowest BCUT2D eigenvalue weighted by Gasteiger charge is -2.27. The number of aliphatic imine (C=N–C) groups is 1. The molecule has 0 radical (unpaired) electrons. The van der Waals surface area contributed by atoms with E-state index in [-0.39, 0.29) is 55.4 Å². The number of aliphatic hydroxyl groups is 3. The summed E-state index contributed by atoms with van der Waals surface area (Å²) in [5.74, 6) is -1.83. The van der Waals surface area contributed by atoms with Crippen molar-refractivity contribution in [1.29, 1.82) is 0 Å². The van der Waals surface area contributed by atoms with Crippen LogP contribution < -0.4 is 10.1 Å². The van der Waals surface area contributed by atoms with E-state index in [4.69, 9.17) is 30.6 Å². The molecule has 12 nitrogen and oxygen atoms in total. The molecule has 1 aromatic carbocycles. The van der Waals surface area contributed by atoms with Gasteiger partial charge in [0.05, 0.1) is 57.2 Å². The second-order valence-corrected chi connectivity index (χ2v) is 13.7. The van der Waals surface area contributed by atoms with Crippen LogP contribution in [0, 0.1) is 0 Å². The van der Waals surface area contributed by atoms with Gasteiger partial charge in [0.15, 0.2) is 17.6 Å². The number of rotatable bonds is 11. The summed E-state index contributed by atoms with van der Waals surface area (Å²) in [5.41, 5.74) is 0.353. The fourth-order valence-corrected chi connectivity index (χ4v) is 7.55. The Bertz CT molecular complexity index is 1460. The van der Waals surface area contributed by atoms with Gasteiger partial charge in [0.1, 0.15) is 23.5 Å². The Morgan fingerprint density at radius 1 is 1.32 bits per heavy atom. The first-order chi connectivity index (χ1) is 20.9. The van der Waals surface area contributed by atoms with E-state index in [1.165, 1.54) is 19.6 Å². The van der Waals surface area contributed by atoms with Crippen molar-refractivity contribution < 1.29 is 44.0 Å². The summed E-state index contributed by atoms with van der Waals surface area (Å²) in [6.07, 6.45) is 0.526. The molecule has 0 bridgehead atoms. The van der Waals surface area contributed by atoms with Crippen LogP contribution in [0.25, 0.3) is 0 Å². The van der Waals surface area contributed by atoms with Gasteiger partial charge in [-0.25, -0.2) is 0 Å². The molecule has 4 atom stereocenters. The molecule has 1 amide bonds. The van der Waals surface area contributed by atoms with Crippen molar-refractivity contribution in [2.75, 3.05) is 26.8 Å². The second kappa shape index (κ2) is 15.1. The standard InChI is InChI=1S/C27H26Br4ClN3O9/c1-41-23-16(30)8-27(43-11-17(23)31)25(39)21(35-44-27)26(40)34-3-2-4-42-24-14(28)5-12(6-15(24)29)20(37)10-33-9-13-19(36)7-18(32)22(13)38/h5-6,9,11,18,20,25,37-39H,2-4,7-8,10H2,1H3,(H,34,40)/t18?,20?,25-,27-/m0/s1. The number of nitrogens with one attached hydrogen (secondary N) is 1. The Hall–Kier alpha value is -1.95. The molecule has 4 rings (SSSR count). The van der Waals surface area contributed by atoms with Gasteiger partial charge in [-0.3, -0.25) is 14.6 Å². The Morgan fingerprint density at radius 2 is 2.02 bits per heavy atom. The Morgan fingerprint density at radius 3 is 2.66 bits per heavy atom. The number of hydrogen-bond acceptors (Lipinski definition) is 11. The van der Waals surface area contributed by atoms with E-state index in [2.05, 4.69) is 79.2 Å². The third kappa shape index (κ3) is 7.70. The molecule has 1 spiro atoms. The fraction of sp³-hybridized carbons (Fsp3) is 0.407. The van der Waals surface area contributed by atoms with E-state index in [9.17, 15) is 24.9 Å². The summed E-state index contributed by atoms with van der Waals surface area (Å²) >= 11 is 19.5. The molecule has 0 saturated heterocycles. The molecule has 2 unspecified atom stereocenters. The van der Waals surface area contributed by atoms with Gasteiger partial charge in [-0.15, -0.1) is 11.6 Å². The predicted octanol–water partition coefficient (Wildman–Crippen LogP) is 4.95. The van der Waals surface area contributed by atoms with Crippen molar-refractivity contribution in [3.63, 3.8) is 0 Å². The summed E-state index contributed by atoms with van der Waals surface area (Å²) in [4.78, 5) is 34.1. The van der Waals surface area contributed by atoms with Gasteiger partial charge < -0.3 is 39.7 Å². The third-order valence-corrected chi connectivity index (χ3v) is 9.36. The molecule has 0 fully saturated rings. The SMILES string of the molecule is COC1=C(Br)C[C@]2(OC=C1Br)ON=C(C(=O)NCCCOc1c(Br)cc(C(O)CN=CC3=C(O)C(Cl)CC3=O)cc1Br)[C@@H]2O. The molecule has 2 heterocycles. The first kappa shape index (κ1) is 34.9. The highest BCUT2D eigenvalue weighted by Gasteiger charge is 2.54. The van der Waals surface area contributed by atoms with Crippen LogP contribution in [0.3, 0.4) is 0 Å². The first-order valence-corrected chi connectivity index (χ1v) is 16.6. The van der Waals surface area contributed by atoms with Crippen molar-refractivity contribution in [2.45, 2.75) is 42.6 Å². The summed E-state index contributed by atoms with van der Waals surface area (Å²) in [6.45, 7) is 0.390. The van der Waals surface area contributed by atoms with Crippen LogP contribution in [-0.2, 0) is 23.9 Å². The van der Waals surface area contributed by atoms with Crippen molar-refractivity contribution in [2.24, 2.45) is 10.1 Å². The van der Waals surface area contributed by atoms with E-state index >= 15 is 0 Å². The predicted molar refractivity (Wildman–Crippen MR) is 175 cm³/mol. The topological polar surface area (TPSA) is 168 Å². The monoisotopic (exact) mass is 887 g/mol. The molecule has 3 aliphatic rings. The van der Waals surface area contributed by atoms with Gasteiger partial charge in [-0.05, 0) is 71.9 Å². The molecule has 44 heavy (non-hydrogen) atoms. The lowest BCUT2D eigenvalue weighted by Crippen LogP contribution is -2.49. The quantitative estimate of drug-likeness (QED) is 0.137. The molecule has 0 saturated carbocycles. The number of alkyl halides is 1. The van der Waals surface area contributed by atoms with Crippen LogP contribution in [0.1, 0.15) is 30.9 Å². The number of ether oxygens (including phenoxy) is 3. The highest BCUT2D eigenvalue weighted by atomic mass is 79.9. The van der Waals surface area contributed by atoms with Gasteiger partial charge in [0.2, 0.25) is 0 Å². The zero-order valence-electron chi connectivity index (χ0n) is 22.9. The fourth-order valence-electron chi connectivity index (χ4n) is 4.31. The largest absolute Gasteiger partial charge is 0.510 e. The van der Waals surface area contributed by atoms with Crippen molar-refractivity contribution >= 4 is 98.9 Å². The van der Waals surface area contributed by atoms with Crippen molar-refractivity contribution in [1.82, 2.24) is 5.32 Å². The number of Topliss-reactive ketones (excluding diaryl/α,β-unsaturated/α-hetero) is 1. The Labute approximate surface area is 290 Å². The minimum Gasteiger partial charge on any atom is -0.510 e. The normalized spacial score (nSPS) is 24.2. The molecular weight excluding hydrogens is 865 g/mol. The summed E-state index contributed by atoms with van der Waals surface area (Å²) in [7, 11) is 1.48. The summed E-state index contributed by atoms with van der Waals surface area (Å²) in [6, 6.07) is 3.35. The minimum absolute atomic E-state index is 0.0115. The molecule has 238 valence electrons. The molecular formula is C27H26Br4ClN3O9. The highest BCUT2D eigenvalue weighted by Crippen LogP contribution is 2.41. The number of halogens is 5. The molecule has 17 heteroatoms.